The molecule has 0 heterocycles. The number of ether oxygens (including phenoxy) is 1. The van der Waals surface area contributed by atoms with Crippen LogP contribution in [0.25, 0.3) is 0 Å². The van der Waals surface area contributed by atoms with E-state index in [4.69, 9.17) is 4.74 Å². The normalized spacial score (nSPS) is 11.8. The average molecular weight is 383 g/mol. The van der Waals surface area contributed by atoms with Crippen molar-refractivity contribution in [1.82, 2.24) is 10.2 Å². The summed E-state index contributed by atoms with van der Waals surface area (Å²) in [5.74, 6) is 0.325. The Bertz CT molecular complexity index is 774. The van der Waals surface area contributed by atoms with Gasteiger partial charge in [0.05, 0.1) is 0 Å². The van der Waals surface area contributed by atoms with E-state index in [0.29, 0.717) is 18.7 Å². The number of aryl methyl sites for hydroxylation is 1. The predicted molar refractivity (Wildman–Crippen MR) is 111 cm³/mol. The first-order chi connectivity index (χ1) is 13.4. The Balaban J connectivity index is 2.19. The minimum absolute atomic E-state index is 0.0124. The minimum Gasteiger partial charge on any atom is -0.484 e. The van der Waals surface area contributed by atoms with Gasteiger partial charge in [-0.25, -0.2) is 0 Å². The van der Waals surface area contributed by atoms with Crippen molar-refractivity contribution < 1.29 is 14.3 Å². The monoisotopic (exact) mass is 382 g/mol. The molecule has 5 heteroatoms. The van der Waals surface area contributed by atoms with Gasteiger partial charge in [-0.1, -0.05) is 55.5 Å². The van der Waals surface area contributed by atoms with Crippen LogP contribution in [0.15, 0.2) is 54.6 Å². The molecular formula is C23H30N2O3. The van der Waals surface area contributed by atoms with E-state index in [2.05, 4.69) is 5.32 Å². The van der Waals surface area contributed by atoms with Crippen molar-refractivity contribution in [2.45, 2.75) is 52.7 Å². The number of amides is 2. The third-order valence-electron chi connectivity index (χ3n) is 4.46. The fraction of sp³-hybridized carbons (Fsp3) is 0.391. The highest BCUT2D eigenvalue weighted by Crippen LogP contribution is 2.17. The summed E-state index contributed by atoms with van der Waals surface area (Å²) < 4.78 is 5.75. The van der Waals surface area contributed by atoms with Crippen molar-refractivity contribution in [3.63, 3.8) is 0 Å². The molecule has 2 aromatic rings. The number of para-hydroxylation sites is 1. The van der Waals surface area contributed by atoms with Gasteiger partial charge in [-0.05, 0) is 44.4 Å². The molecule has 0 aromatic heterocycles. The Morgan fingerprint density at radius 3 is 2.29 bits per heavy atom. The Kier molecular flexibility index (Phi) is 8.05. The van der Waals surface area contributed by atoms with E-state index < -0.39 is 6.04 Å². The molecule has 2 aromatic carbocycles. The third kappa shape index (κ3) is 6.12. The quantitative estimate of drug-likeness (QED) is 0.719. The Hall–Kier alpha value is -2.82. The molecule has 1 N–H and O–H groups in total. The van der Waals surface area contributed by atoms with Gasteiger partial charge in [0.1, 0.15) is 11.8 Å². The zero-order valence-electron chi connectivity index (χ0n) is 17.1. The molecule has 5 nitrogen and oxygen atoms in total. The van der Waals surface area contributed by atoms with Crippen LogP contribution >= 0.6 is 0 Å². The summed E-state index contributed by atoms with van der Waals surface area (Å²) in [6.07, 6.45) is 0.529. The molecular weight excluding hydrogens is 352 g/mol. The van der Waals surface area contributed by atoms with Crippen LogP contribution in [0.1, 0.15) is 38.3 Å². The second kappa shape index (κ2) is 10.5. The Labute approximate surface area is 167 Å². The lowest BCUT2D eigenvalue weighted by molar-refractivity contribution is -0.143. The van der Waals surface area contributed by atoms with Crippen molar-refractivity contribution in [3.05, 3.63) is 65.7 Å². The lowest BCUT2D eigenvalue weighted by Crippen LogP contribution is -2.51. The van der Waals surface area contributed by atoms with Gasteiger partial charge in [0.15, 0.2) is 6.61 Å². The number of benzene rings is 2. The topological polar surface area (TPSA) is 58.6 Å². The van der Waals surface area contributed by atoms with E-state index in [-0.39, 0.29) is 24.5 Å². The van der Waals surface area contributed by atoms with Crippen LogP contribution in [-0.2, 0) is 16.1 Å². The molecule has 150 valence electrons. The van der Waals surface area contributed by atoms with Crippen LogP contribution < -0.4 is 10.1 Å². The van der Waals surface area contributed by atoms with Gasteiger partial charge in [0, 0.05) is 12.6 Å². The van der Waals surface area contributed by atoms with Gasteiger partial charge in [-0.3, -0.25) is 9.59 Å². The van der Waals surface area contributed by atoms with Gasteiger partial charge in [-0.15, -0.1) is 0 Å². The molecule has 0 radical (unpaired) electrons. The number of hydrogen-bond acceptors (Lipinski definition) is 3. The molecule has 1 atom stereocenters. The summed E-state index contributed by atoms with van der Waals surface area (Å²) in [4.78, 5) is 27.4. The predicted octanol–water partition coefficient (Wildman–Crippen LogP) is 3.71. The standard InChI is InChI=1S/C23H30N2O3/c1-5-20(23(27)24-17(2)3)25(15-19-12-7-6-8-13-19)22(26)16-28-21-14-10-9-11-18(21)4/h6-14,17,20H,5,15-16H2,1-4H3,(H,24,27)/t20-/m0/s1. The average Bonchev–Trinajstić information content (AvgIpc) is 2.67. The first kappa shape index (κ1) is 21.5. The maximum atomic E-state index is 13.0. The lowest BCUT2D eigenvalue weighted by Gasteiger charge is -2.31. The molecule has 0 spiro atoms. The summed E-state index contributed by atoms with van der Waals surface area (Å²) in [6.45, 7) is 7.93. The van der Waals surface area contributed by atoms with Crippen molar-refractivity contribution in [2.75, 3.05) is 6.61 Å². The number of carbonyl (C=O) groups is 2. The van der Waals surface area contributed by atoms with Crippen LogP contribution in [-0.4, -0.2) is 35.4 Å². The summed E-state index contributed by atoms with van der Waals surface area (Å²) in [6, 6.07) is 16.7. The molecule has 28 heavy (non-hydrogen) atoms. The smallest absolute Gasteiger partial charge is 0.261 e. The van der Waals surface area contributed by atoms with E-state index in [9.17, 15) is 9.59 Å². The minimum atomic E-state index is -0.546. The Morgan fingerprint density at radius 1 is 1.04 bits per heavy atom. The van der Waals surface area contributed by atoms with E-state index in [1.807, 2.05) is 82.3 Å². The maximum Gasteiger partial charge on any atom is 0.261 e. The molecule has 0 aliphatic heterocycles. The second-order valence-electron chi connectivity index (χ2n) is 7.15. The zero-order chi connectivity index (χ0) is 20.5. The number of nitrogens with one attached hydrogen (secondary N) is 1. The zero-order valence-corrected chi connectivity index (χ0v) is 17.1. The van der Waals surface area contributed by atoms with Crippen molar-refractivity contribution in [2.24, 2.45) is 0 Å². The SMILES string of the molecule is CC[C@@H](C(=O)NC(C)C)N(Cc1ccccc1)C(=O)COc1ccccc1C. The lowest BCUT2D eigenvalue weighted by atomic mass is 10.1. The van der Waals surface area contributed by atoms with Crippen molar-refractivity contribution >= 4 is 11.8 Å². The highest BCUT2D eigenvalue weighted by molar-refractivity contribution is 5.88. The highest BCUT2D eigenvalue weighted by atomic mass is 16.5. The summed E-state index contributed by atoms with van der Waals surface area (Å²) in [5, 5.41) is 2.92. The number of nitrogens with zero attached hydrogens (tertiary/aromatic N) is 1. The second-order valence-corrected chi connectivity index (χ2v) is 7.15. The van der Waals surface area contributed by atoms with E-state index in [0.717, 1.165) is 11.1 Å². The first-order valence-electron chi connectivity index (χ1n) is 9.74. The van der Waals surface area contributed by atoms with Crippen LogP contribution in [0.5, 0.6) is 5.75 Å². The Morgan fingerprint density at radius 2 is 1.68 bits per heavy atom. The number of hydrogen-bond donors (Lipinski definition) is 1. The van der Waals surface area contributed by atoms with Crippen LogP contribution in [0.4, 0.5) is 0 Å². The molecule has 0 aliphatic carbocycles. The summed E-state index contributed by atoms with van der Waals surface area (Å²) in [7, 11) is 0. The number of rotatable bonds is 9. The fourth-order valence-electron chi connectivity index (χ4n) is 3.02. The molecule has 0 fully saturated rings. The summed E-state index contributed by atoms with van der Waals surface area (Å²) >= 11 is 0. The number of carbonyl (C=O) groups excluding carboxylic acids is 2. The van der Waals surface area contributed by atoms with Gasteiger partial charge >= 0.3 is 0 Å². The molecule has 2 rings (SSSR count). The van der Waals surface area contributed by atoms with E-state index in [1.54, 1.807) is 4.90 Å². The highest BCUT2D eigenvalue weighted by Gasteiger charge is 2.29. The summed E-state index contributed by atoms with van der Waals surface area (Å²) in [5.41, 5.74) is 1.94. The van der Waals surface area contributed by atoms with E-state index >= 15 is 0 Å². The molecule has 0 unspecified atom stereocenters. The van der Waals surface area contributed by atoms with Crippen LogP contribution in [0.3, 0.4) is 0 Å². The molecule has 0 aliphatic rings. The fourth-order valence-corrected chi connectivity index (χ4v) is 3.02. The first-order valence-corrected chi connectivity index (χ1v) is 9.74. The molecule has 0 saturated heterocycles. The molecule has 2 amide bonds. The molecule has 0 saturated carbocycles. The largest absolute Gasteiger partial charge is 0.484 e. The maximum absolute atomic E-state index is 13.0. The van der Waals surface area contributed by atoms with E-state index in [1.165, 1.54) is 0 Å². The van der Waals surface area contributed by atoms with Gasteiger partial charge in [0.25, 0.3) is 5.91 Å². The van der Waals surface area contributed by atoms with Gasteiger partial charge in [0.2, 0.25) is 5.91 Å². The van der Waals surface area contributed by atoms with Crippen LogP contribution in [0.2, 0.25) is 0 Å². The van der Waals surface area contributed by atoms with Crippen molar-refractivity contribution in [3.8, 4) is 5.75 Å². The van der Waals surface area contributed by atoms with Gasteiger partial charge in [-0.2, -0.15) is 0 Å². The third-order valence-corrected chi connectivity index (χ3v) is 4.46. The molecule has 0 bridgehead atoms. The van der Waals surface area contributed by atoms with Gasteiger partial charge < -0.3 is 15.0 Å². The van der Waals surface area contributed by atoms with Crippen molar-refractivity contribution in [1.29, 1.82) is 0 Å². The van der Waals surface area contributed by atoms with Crippen LogP contribution in [0, 0.1) is 6.92 Å².